The fourth-order valence-corrected chi connectivity index (χ4v) is 2.48. The van der Waals surface area contributed by atoms with Crippen LogP contribution in [0, 0.1) is 12.8 Å². The number of aromatic amines is 1. The summed E-state index contributed by atoms with van der Waals surface area (Å²) in [5.74, 6) is 0.491. The second-order valence-corrected chi connectivity index (χ2v) is 7.63. The van der Waals surface area contributed by atoms with Gasteiger partial charge in [-0.25, -0.2) is 9.36 Å². The van der Waals surface area contributed by atoms with E-state index in [1.54, 1.807) is 0 Å². The van der Waals surface area contributed by atoms with Crippen LogP contribution in [0.15, 0.2) is 15.8 Å². The largest absolute Gasteiger partial charge is 0.469 e. The van der Waals surface area contributed by atoms with Gasteiger partial charge in [-0.05, 0) is 12.8 Å². The van der Waals surface area contributed by atoms with E-state index in [0.29, 0.717) is 18.1 Å². The third kappa shape index (κ3) is 7.67. The number of aryl methyl sites for hydroxylation is 1. The summed E-state index contributed by atoms with van der Waals surface area (Å²) in [5.41, 5.74) is -0.918. The number of ether oxygens (including phenoxy) is 1. The molecule has 2 heterocycles. The molecule has 11 nitrogen and oxygen atoms in total. The van der Waals surface area contributed by atoms with Crippen molar-refractivity contribution in [1.29, 1.82) is 0 Å². The maximum Gasteiger partial charge on any atom is 0.469 e. The van der Waals surface area contributed by atoms with Crippen molar-refractivity contribution in [3.63, 3.8) is 0 Å². The molecule has 0 saturated carbocycles. The van der Waals surface area contributed by atoms with Crippen molar-refractivity contribution >= 4 is 7.82 Å². The molecule has 0 radical (unpaired) electrons. The van der Waals surface area contributed by atoms with Gasteiger partial charge in [0, 0.05) is 24.8 Å². The zero-order chi connectivity index (χ0) is 20.8. The first-order valence-corrected chi connectivity index (χ1v) is 9.98. The summed E-state index contributed by atoms with van der Waals surface area (Å²) in [4.78, 5) is 42.3. The zero-order valence-electron chi connectivity index (χ0n) is 15.4. The molecule has 27 heavy (non-hydrogen) atoms. The highest BCUT2D eigenvalue weighted by Crippen LogP contribution is 2.38. The van der Waals surface area contributed by atoms with Crippen LogP contribution in [0.1, 0.15) is 38.5 Å². The number of nitrogens with zero attached hydrogens (tertiary/aromatic N) is 1. The van der Waals surface area contributed by atoms with E-state index in [4.69, 9.17) is 19.6 Å². The minimum atomic E-state index is -4.67. The molecule has 2 rings (SSSR count). The normalized spacial score (nSPS) is 23.6. The van der Waals surface area contributed by atoms with Gasteiger partial charge in [-0.2, -0.15) is 0 Å². The number of aromatic nitrogens is 2. The van der Waals surface area contributed by atoms with Crippen LogP contribution in [0.4, 0.5) is 0 Å². The fourth-order valence-electron chi connectivity index (χ4n) is 2.14. The minimum Gasteiger partial charge on any atom is -0.396 e. The molecular formula is C15H27N2O9P. The quantitative estimate of drug-likeness (QED) is 0.392. The highest BCUT2D eigenvalue weighted by molar-refractivity contribution is 7.46. The van der Waals surface area contributed by atoms with Crippen LogP contribution >= 0.6 is 7.82 Å². The Balaban J connectivity index is 0.000000527. The molecule has 1 fully saturated rings. The van der Waals surface area contributed by atoms with Crippen LogP contribution in [0.2, 0.25) is 0 Å². The third-order valence-corrected chi connectivity index (χ3v) is 4.56. The Bertz CT molecular complexity index is 752. The first-order chi connectivity index (χ1) is 12.5. The van der Waals surface area contributed by atoms with Crippen LogP contribution < -0.4 is 11.2 Å². The summed E-state index contributed by atoms with van der Waals surface area (Å²) in [5, 5.41) is 18.1. The van der Waals surface area contributed by atoms with Gasteiger partial charge in [-0.1, -0.05) is 20.3 Å². The molecular weight excluding hydrogens is 383 g/mol. The number of H-pyrrole nitrogens is 1. The molecule has 1 aliphatic rings. The maximum absolute atomic E-state index is 11.7. The molecule has 0 amide bonds. The third-order valence-electron chi connectivity index (χ3n) is 4.08. The topological polar surface area (TPSA) is 171 Å². The van der Waals surface area contributed by atoms with Crippen LogP contribution in [0.3, 0.4) is 0 Å². The van der Waals surface area contributed by atoms with Crippen LogP contribution in [0.25, 0.3) is 0 Å². The molecule has 0 spiro atoms. The fraction of sp³-hybridized carbons (Fsp3) is 0.733. The second kappa shape index (κ2) is 10.3. The summed E-state index contributed by atoms with van der Waals surface area (Å²) in [7, 11) is -4.67. The molecule has 156 valence electrons. The standard InChI is InChI=1S/C10H15N2O8P.C5H12O/c1-5-3-12(10(15)11-9(5)14)8-2-6(13)7(20-8)4-19-21(16,17)18;1-3-5(2)4-6/h3,6-8,13H,2,4H2,1H3,(H,11,14,15)(H2,16,17,18);5-6H,3-4H2,1-2H3/t6-,7+,8+;/m0./s1. The summed E-state index contributed by atoms with van der Waals surface area (Å²) in [6, 6.07) is 0. The Morgan fingerprint density at radius 2 is 2.07 bits per heavy atom. The van der Waals surface area contributed by atoms with Crippen LogP contribution in [0.5, 0.6) is 0 Å². The van der Waals surface area contributed by atoms with Crippen molar-refractivity contribution in [3.8, 4) is 0 Å². The number of phosphoric ester groups is 1. The zero-order valence-corrected chi connectivity index (χ0v) is 16.3. The summed E-state index contributed by atoms with van der Waals surface area (Å²) in [6.45, 7) is 5.42. The monoisotopic (exact) mass is 410 g/mol. The number of phosphoric acid groups is 1. The smallest absolute Gasteiger partial charge is 0.396 e. The SMILES string of the molecule is CCC(C)CO.Cc1cn([C@H]2C[C@H](O)[C@@H](COP(=O)(O)O)O2)c(=O)[nH]c1=O. The van der Waals surface area contributed by atoms with Gasteiger partial charge in [-0.15, -0.1) is 0 Å². The van der Waals surface area contributed by atoms with Crippen molar-refractivity contribution < 1.29 is 33.8 Å². The lowest BCUT2D eigenvalue weighted by molar-refractivity contribution is -0.0451. The van der Waals surface area contributed by atoms with Crippen molar-refractivity contribution in [2.75, 3.05) is 13.2 Å². The Morgan fingerprint density at radius 1 is 1.44 bits per heavy atom. The molecule has 5 N–H and O–H groups in total. The number of nitrogens with one attached hydrogen (secondary N) is 1. The van der Waals surface area contributed by atoms with Gasteiger partial charge in [0.1, 0.15) is 12.3 Å². The van der Waals surface area contributed by atoms with E-state index in [9.17, 15) is 19.3 Å². The lowest BCUT2D eigenvalue weighted by Gasteiger charge is -2.16. The molecule has 0 aromatic carbocycles. The predicted octanol–water partition coefficient (Wildman–Crippen LogP) is -0.372. The molecule has 1 saturated heterocycles. The molecule has 1 aromatic heterocycles. The van der Waals surface area contributed by atoms with E-state index in [2.05, 4.69) is 16.4 Å². The van der Waals surface area contributed by atoms with Crippen molar-refractivity contribution in [3.05, 3.63) is 32.6 Å². The van der Waals surface area contributed by atoms with E-state index in [-0.39, 0.29) is 6.42 Å². The molecule has 0 bridgehead atoms. The summed E-state index contributed by atoms with van der Waals surface area (Å²) in [6.07, 6.45) is -0.488. The molecule has 1 aliphatic heterocycles. The Morgan fingerprint density at radius 3 is 2.56 bits per heavy atom. The number of hydrogen-bond donors (Lipinski definition) is 5. The summed E-state index contributed by atoms with van der Waals surface area (Å²) >= 11 is 0. The molecule has 0 aliphatic carbocycles. The second-order valence-electron chi connectivity index (χ2n) is 6.39. The van der Waals surface area contributed by atoms with Crippen LogP contribution in [-0.4, -0.2) is 55.0 Å². The Hall–Kier alpha value is -1.33. The Labute approximate surface area is 155 Å². The number of hydrogen-bond acceptors (Lipinski definition) is 7. The molecule has 1 aromatic rings. The first kappa shape index (κ1) is 23.7. The van der Waals surface area contributed by atoms with Crippen LogP contribution in [-0.2, 0) is 13.8 Å². The van der Waals surface area contributed by atoms with Crippen molar-refractivity contribution in [1.82, 2.24) is 9.55 Å². The number of rotatable bonds is 6. The molecule has 12 heteroatoms. The Kier molecular flexibility index (Phi) is 9.03. The van der Waals surface area contributed by atoms with E-state index in [1.807, 2.05) is 6.92 Å². The number of aliphatic hydroxyl groups is 2. The van der Waals surface area contributed by atoms with Gasteiger partial charge in [0.15, 0.2) is 0 Å². The van der Waals surface area contributed by atoms with Gasteiger partial charge in [0.25, 0.3) is 5.56 Å². The maximum atomic E-state index is 11.7. The summed E-state index contributed by atoms with van der Waals surface area (Å²) < 4.78 is 21.4. The molecule has 1 unspecified atom stereocenters. The first-order valence-electron chi connectivity index (χ1n) is 8.45. The lowest BCUT2D eigenvalue weighted by atomic mass is 10.1. The van der Waals surface area contributed by atoms with Gasteiger partial charge in [0.05, 0.1) is 12.7 Å². The highest BCUT2D eigenvalue weighted by atomic mass is 31.2. The van der Waals surface area contributed by atoms with E-state index >= 15 is 0 Å². The minimum absolute atomic E-state index is 0.0283. The number of aliphatic hydroxyl groups excluding tert-OH is 2. The van der Waals surface area contributed by atoms with E-state index in [1.165, 1.54) is 13.1 Å². The predicted molar refractivity (Wildman–Crippen MR) is 95.1 cm³/mol. The average molecular weight is 410 g/mol. The van der Waals surface area contributed by atoms with Crippen molar-refractivity contribution in [2.45, 2.75) is 52.0 Å². The van der Waals surface area contributed by atoms with Gasteiger partial charge >= 0.3 is 13.5 Å². The average Bonchev–Trinajstić information content (AvgIpc) is 2.96. The van der Waals surface area contributed by atoms with Gasteiger partial charge in [-0.3, -0.25) is 18.9 Å². The van der Waals surface area contributed by atoms with Crippen molar-refractivity contribution in [2.24, 2.45) is 5.92 Å². The molecule has 4 atom stereocenters. The van der Waals surface area contributed by atoms with Gasteiger partial charge < -0.3 is 24.7 Å². The van der Waals surface area contributed by atoms with Gasteiger partial charge in [0.2, 0.25) is 0 Å². The highest BCUT2D eigenvalue weighted by Gasteiger charge is 2.37. The van der Waals surface area contributed by atoms with E-state index < -0.39 is 44.1 Å². The lowest BCUT2D eigenvalue weighted by Crippen LogP contribution is -2.33. The van der Waals surface area contributed by atoms with E-state index in [0.717, 1.165) is 11.0 Å².